The van der Waals surface area contributed by atoms with E-state index >= 15 is 0 Å². The molecule has 100 valence electrons. The van der Waals surface area contributed by atoms with Crippen molar-refractivity contribution in [3.63, 3.8) is 0 Å². The van der Waals surface area contributed by atoms with Gasteiger partial charge >= 0.3 is 5.97 Å². The second kappa shape index (κ2) is 6.56. The standard InChI is InChI=1S/C12H18ClN3O2/c1-8(2)16(3)5-4-14-11-6-9(12(17)18)10(13)7-15-11/h6-8H,4-5H2,1-3H3,(H,14,15)(H,17,18). The fourth-order valence-electron chi connectivity index (χ4n) is 1.32. The predicted molar refractivity (Wildman–Crippen MR) is 72.5 cm³/mol. The zero-order valence-electron chi connectivity index (χ0n) is 10.8. The molecular weight excluding hydrogens is 254 g/mol. The number of likely N-dealkylation sites (N-methyl/N-ethyl adjacent to an activating group) is 1. The van der Waals surface area contributed by atoms with Gasteiger partial charge in [-0.3, -0.25) is 0 Å². The lowest BCUT2D eigenvalue weighted by Crippen LogP contribution is -2.31. The van der Waals surface area contributed by atoms with Crippen LogP contribution in [0.2, 0.25) is 5.02 Å². The maximum atomic E-state index is 10.9. The Labute approximate surface area is 112 Å². The third kappa shape index (κ3) is 4.16. The zero-order chi connectivity index (χ0) is 13.7. The van der Waals surface area contributed by atoms with Crippen LogP contribution in [0.3, 0.4) is 0 Å². The fourth-order valence-corrected chi connectivity index (χ4v) is 1.50. The average molecular weight is 272 g/mol. The Morgan fingerprint density at radius 3 is 2.83 bits per heavy atom. The Hall–Kier alpha value is -1.33. The van der Waals surface area contributed by atoms with E-state index in [1.54, 1.807) is 0 Å². The molecule has 0 saturated carbocycles. The molecule has 0 atom stereocenters. The van der Waals surface area contributed by atoms with Crippen LogP contribution in [0.1, 0.15) is 24.2 Å². The molecule has 5 nitrogen and oxygen atoms in total. The number of pyridine rings is 1. The van der Waals surface area contributed by atoms with E-state index in [1.807, 2.05) is 7.05 Å². The highest BCUT2D eigenvalue weighted by molar-refractivity contribution is 6.33. The number of carboxylic acid groups (broad SMARTS) is 1. The van der Waals surface area contributed by atoms with Crippen molar-refractivity contribution in [2.45, 2.75) is 19.9 Å². The molecular formula is C12H18ClN3O2. The highest BCUT2D eigenvalue weighted by atomic mass is 35.5. The number of aromatic nitrogens is 1. The monoisotopic (exact) mass is 271 g/mol. The minimum atomic E-state index is -1.05. The van der Waals surface area contributed by atoms with Gasteiger partial charge in [-0.25, -0.2) is 9.78 Å². The van der Waals surface area contributed by atoms with Crippen molar-refractivity contribution in [1.29, 1.82) is 0 Å². The Bertz CT molecular complexity index is 424. The maximum Gasteiger partial charge on any atom is 0.337 e. The van der Waals surface area contributed by atoms with Gasteiger partial charge in [0.15, 0.2) is 0 Å². The molecule has 2 N–H and O–H groups in total. The van der Waals surface area contributed by atoms with Gasteiger partial charge in [0.05, 0.1) is 10.6 Å². The third-order valence-corrected chi connectivity index (χ3v) is 3.04. The van der Waals surface area contributed by atoms with Crippen molar-refractivity contribution >= 4 is 23.4 Å². The van der Waals surface area contributed by atoms with Crippen LogP contribution in [0.15, 0.2) is 12.3 Å². The van der Waals surface area contributed by atoms with E-state index in [2.05, 4.69) is 29.0 Å². The van der Waals surface area contributed by atoms with Crippen LogP contribution in [0.4, 0.5) is 5.82 Å². The van der Waals surface area contributed by atoms with Crippen molar-refractivity contribution in [3.05, 3.63) is 22.8 Å². The van der Waals surface area contributed by atoms with Crippen molar-refractivity contribution in [1.82, 2.24) is 9.88 Å². The predicted octanol–water partition coefficient (Wildman–Crippen LogP) is 2.19. The minimum Gasteiger partial charge on any atom is -0.478 e. The van der Waals surface area contributed by atoms with Crippen molar-refractivity contribution in [2.75, 3.05) is 25.5 Å². The van der Waals surface area contributed by atoms with Crippen molar-refractivity contribution in [3.8, 4) is 0 Å². The van der Waals surface area contributed by atoms with Gasteiger partial charge in [-0.05, 0) is 27.0 Å². The van der Waals surface area contributed by atoms with Gasteiger partial charge in [-0.15, -0.1) is 0 Å². The van der Waals surface area contributed by atoms with Crippen LogP contribution in [0.5, 0.6) is 0 Å². The molecule has 0 fully saturated rings. The van der Waals surface area contributed by atoms with Gasteiger partial charge in [0, 0.05) is 25.3 Å². The summed E-state index contributed by atoms with van der Waals surface area (Å²) in [6, 6.07) is 1.92. The first kappa shape index (κ1) is 14.7. The molecule has 0 amide bonds. The van der Waals surface area contributed by atoms with E-state index in [1.165, 1.54) is 12.3 Å². The van der Waals surface area contributed by atoms with E-state index in [0.717, 1.165) is 6.54 Å². The van der Waals surface area contributed by atoms with Gasteiger partial charge in [0.25, 0.3) is 0 Å². The second-order valence-electron chi connectivity index (χ2n) is 4.36. The smallest absolute Gasteiger partial charge is 0.337 e. The van der Waals surface area contributed by atoms with Gasteiger partial charge in [0.1, 0.15) is 5.82 Å². The largest absolute Gasteiger partial charge is 0.478 e. The number of hydrogen-bond donors (Lipinski definition) is 2. The summed E-state index contributed by atoms with van der Waals surface area (Å²) in [5.41, 5.74) is 0.0615. The normalized spacial score (nSPS) is 11.0. The highest BCUT2D eigenvalue weighted by Gasteiger charge is 2.10. The number of carbonyl (C=O) groups is 1. The van der Waals surface area contributed by atoms with E-state index in [0.29, 0.717) is 18.4 Å². The minimum absolute atomic E-state index is 0.0615. The molecule has 0 spiro atoms. The lowest BCUT2D eigenvalue weighted by Gasteiger charge is -2.21. The molecule has 0 bridgehead atoms. The number of aromatic carboxylic acids is 1. The number of nitrogens with one attached hydrogen (secondary N) is 1. The van der Waals surface area contributed by atoms with Gasteiger partial charge in [-0.2, -0.15) is 0 Å². The molecule has 0 aliphatic heterocycles. The molecule has 0 saturated heterocycles. The molecule has 0 radical (unpaired) electrons. The number of halogens is 1. The summed E-state index contributed by atoms with van der Waals surface area (Å²) in [7, 11) is 2.03. The summed E-state index contributed by atoms with van der Waals surface area (Å²) in [6.07, 6.45) is 1.35. The lowest BCUT2D eigenvalue weighted by molar-refractivity contribution is 0.0697. The molecule has 1 rings (SSSR count). The van der Waals surface area contributed by atoms with Crippen LogP contribution in [-0.4, -0.2) is 47.1 Å². The van der Waals surface area contributed by atoms with E-state index in [9.17, 15) is 4.79 Å². The third-order valence-electron chi connectivity index (χ3n) is 2.74. The summed E-state index contributed by atoms with van der Waals surface area (Å²) in [4.78, 5) is 17.1. The molecule has 0 unspecified atom stereocenters. The first-order chi connectivity index (χ1) is 8.41. The number of hydrogen-bond acceptors (Lipinski definition) is 4. The quantitative estimate of drug-likeness (QED) is 0.830. The molecule has 0 aromatic carbocycles. The van der Waals surface area contributed by atoms with Gasteiger partial charge in [-0.1, -0.05) is 11.6 Å². The van der Waals surface area contributed by atoms with Crippen molar-refractivity contribution < 1.29 is 9.90 Å². The molecule has 1 aromatic heterocycles. The number of rotatable bonds is 6. The number of carboxylic acids is 1. The summed E-state index contributed by atoms with van der Waals surface area (Å²) in [6.45, 7) is 5.78. The first-order valence-corrected chi connectivity index (χ1v) is 6.12. The van der Waals surface area contributed by atoms with Crippen LogP contribution >= 0.6 is 11.6 Å². The average Bonchev–Trinajstić information content (AvgIpc) is 2.30. The Kier molecular flexibility index (Phi) is 5.37. The van der Waals surface area contributed by atoms with Gasteiger partial charge < -0.3 is 15.3 Å². The molecule has 0 aliphatic carbocycles. The highest BCUT2D eigenvalue weighted by Crippen LogP contribution is 2.17. The fraction of sp³-hybridized carbons (Fsp3) is 0.500. The molecule has 0 aliphatic rings. The van der Waals surface area contributed by atoms with Crippen LogP contribution in [0, 0.1) is 0 Å². The SMILES string of the molecule is CC(C)N(C)CCNc1cc(C(=O)O)c(Cl)cn1. The van der Waals surface area contributed by atoms with E-state index in [-0.39, 0.29) is 10.6 Å². The Morgan fingerprint density at radius 2 is 2.28 bits per heavy atom. The molecule has 18 heavy (non-hydrogen) atoms. The topological polar surface area (TPSA) is 65.5 Å². The number of nitrogens with zero attached hydrogens (tertiary/aromatic N) is 2. The second-order valence-corrected chi connectivity index (χ2v) is 4.76. The van der Waals surface area contributed by atoms with Crippen LogP contribution in [-0.2, 0) is 0 Å². The Morgan fingerprint density at radius 1 is 1.61 bits per heavy atom. The molecule has 6 heteroatoms. The molecule has 1 heterocycles. The zero-order valence-corrected chi connectivity index (χ0v) is 11.5. The summed E-state index contributed by atoms with van der Waals surface area (Å²) < 4.78 is 0. The van der Waals surface area contributed by atoms with Crippen molar-refractivity contribution in [2.24, 2.45) is 0 Å². The summed E-state index contributed by atoms with van der Waals surface area (Å²) in [5, 5.41) is 12.2. The summed E-state index contributed by atoms with van der Waals surface area (Å²) in [5.74, 6) is -0.529. The van der Waals surface area contributed by atoms with E-state index < -0.39 is 5.97 Å². The molecule has 1 aromatic rings. The van der Waals surface area contributed by atoms with E-state index in [4.69, 9.17) is 16.7 Å². The van der Waals surface area contributed by atoms with Crippen LogP contribution in [0.25, 0.3) is 0 Å². The number of anilines is 1. The summed E-state index contributed by atoms with van der Waals surface area (Å²) >= 11 is 5.74. The van der Waals surface area contributed by atoms with Crippen LogP contribution < -0.4 is 5.32 Å². The first-order valence-electron chi connectivity index (χ1n) is 5.74. The lowest BCUT2D eigenvalue weighted by atomic mass is 10.2. The Balaban J connectivity index is 2.58. The maximum absolute atomic E-state index is 10.9. The van der Waals surface area contributed by atoms with Gasteiger partial charge in [0.2, 0.25) is 0 Å².